The third kappa shape index (κ3) is 3.76. The fraction of sp³-hybridized carbons (Fsp3) is 0.250. The molecule has 0 spiro atoms. The summed E-state index contributed by atoms with van der Waals surface area (Å²) in [6.45, 7) is 3.94. The van der Waals surface area contributed by atoms with Crippen molar-refractivity contribution in [3.63, 3.8) is 0 Å². The van der Waals surface area contributed by atoms with Gasteiger partial charge in [-0.1, -0.05) is 49.4 Å². The first kappa shape index (κ1) is 16.9. The quantitative estimate of drug-likeness (QED) is 0.780. The van der Waals surface area contributed by atoms with E-state index in [1.165, 1.54) is 10.2 Å². The van der Waals surface area contributed by atoms with E-state index in [1.807, 2.05) is 31.2 Å². The number of hydrogen-bond acceptors (Lipinski definition) is 3. The van der Waals surface area contributed by atoms with Gasteiger partial charge in [-0.15, -0.1) is 0 Å². The molecule has 1 N–H and O–H groups in total. The lowest BCUT2D eigenvalue weighted by molar-refractivity contribution is -0.122. The third-order valence-corrected chi connectivity index (χ3v) is 4.32. The van der Waals surface area contributed by atoms with Crippen LogP contribution in [0, 0.1) is 0 Å². The molecule has 3 rings (SSSR count). The van der Waals surface area contributed by atoms with Crippen LogP contribution < -0.4 is 10.9 Å². The number of aryl methyl sites for hydroxylation is 1. The van der Waals surface area contributed by atoms with Crippen molar-refractivity contribution in [2.24, 2.45) is 0 Å². The molecule has 3 aromatic rings. The van der Waals surface area contributed by atoms with Crippen LogP contribution in [0.2, 0.25) is 0 Å². The second-order valence-electron chi connectivity index (χ2n) is 6.08. The Kier molecular flexibility index (Phi) is 4.93. The summed E-state index contributed by atoms with van der Waals surface area (Å²) in [6, 6.07) is 15.3. The highest BCUT2D eigenvalue weighted by Crippen LogP contribution is 2.13. The molecule has 0 fully saturated rings. The molecule has 1 aromatic heterocycles. The minimum atomic E-state index is -0.256. The molecule has 0 aliphatic carbocycles. The average Bonchev–Trinajstić information content (AvgIpc) is 2.64. The van der Waals surface area contributed by atoms with Crippen molar-refractivity contribution in [2.45, 2.75) is 32.9 Å². The molecule has 128 valence electrons. The molecule has 1 heterocycles. The number of aromatic nitrogens is 2. The summed E-state index contributed by atoms with van der Waals surface area (Å²) in [5.41, 5.74) is 2.03. The minimum Gasteiger partial charge on any atom is -0.348 e. The van der Waals surface area contributed by atoms with Gasteiger partial charge in [0.05, 0.1) is 17.6 Å². The van der Waals surface area contributed by atoms with Crippen molar-refractivity contribution in [1.29, 1.82) is 0 Å². The van der Waals surface area contributed by atoms with Gasteiger partial charge in [0, 0.05) is 5.39 Å². The summed E-state index contributed by atoms with van der Waals surface area (Å²) in [5.74, 6) is -0.239. The molecule has 5 nitrogen and oxygen atoms in total. The number of amides is 1. The largest absolute Gasteiger partial charge is 0.348 e. The van der Waals surface area contributed by atoms with Gasteiger partial charge in [0.2, 0.25) is 5.91 Å². The van der Waals surface area contributed by atoms with Crippen molar-refractivity contribution in [2.75, 3.05) is 0 Å². The van der Waals surface area contributed by atoms with Crippen LogP contribution in [-0.2, 0) is 17.8 Å². The normalized spacial score (nSPS) is 12.1. The molecule has 0 saturated heterocycles. The molecule has 0 saturated carbocycles. The molecule has 1 amide bonds. The predicted octanol–water partition coefficient (Wildman–Crippen LogP) is 2.84. The minimum absolute atomic E-state index is 0.0962. The molecule has 5 heteroatoms. The maximum absolute atomic E-state index is 12.4. The highest BCUT2D eigenvalue weighted by atomic mass is 16.2. The summed E-state index contributed by atoms with van der Waals surface area (Å²) < 4.78 is 1.20. The Morgan fingerprint density at radius 3 is 2.60 bits per heavy atom. The molecule has 0 radical (unpaired) electrons. The van der Waals surface area contributed by atoms with Crippen LogP contribution in [0.3, 0.4) is 0 Å². The van der Waals surface area contributed by atoms with Gasteiger partial charge < -0.3 is 5.32 Å². The van der Waals surface area contributed by atoms with Gasteiger partial charge in [0.15, 0.2) is 0 Å². The molecular weight excluding hydrogens is 314 g/mol. The van der Waals surface area contributed by atoms with Crippen LogP contribution in [0.15, 0.2) is 59.5 Å². The smallest absolute Gasteiger partial charge is 0.275 e. The summed E-state index contributed by atoms with van der Waals surface area (Å²) in [4.78, 5) is 24.7. The number of carbonyl (C=O) groups excluding carboxylic acids is 1. The van der Waals surface area contributed by atoms with E-state index >= 15 is 0 Å². The van der Waals surface area contributed by atoms with Gasteiger partial charge in [-0.3, -0.25) is 9.59 Å². The summed E-state index contributed by atoms with van der Waals surface area (Å²) in [7, 11) is 0. The first-order valence-corrected chi connectivity index (χ1v) is 8.41. The number of fused-ring (bicyclic) bond motifs is 1. The zero-order chi connectivity index (χ0) is 17.8. The zero-order valence-electron chi connectivity index (χ0n) is 14.4. The van der Waals surface area contributed by atoms with Crippen LogP contribution >= 0.6 is 0 Å². The maximum atomic E-state index is 12.4. The van der Waals surface area contributed by atoms with Crippen molar-refractivity contribution >= 4 is 16.7 Å². The summed E-state index contributed by atoms with van der Waals surface area (Å²) in [6.07, 6.45) is 2.59. The molecule has 25 heavy (non-hydrogen) atoms. The van der Waals surface area contributed by atoms with Crippen LogP contribution in [0.4, 0.5) is 0 Å². The SMILES string of the molecule is CCc1ccc([C@@H](C)NC(=O)Cn2ncc3ccccc3c2=O)cc1. The maximum Gasteiger partial charge on any atom is 0.275 e. The molecule has 0 bridgehead atoms. The Labute approximate surface area is 146 Å². The molecule has 0 aliphatic rings. The van der Waals surface area contributed by atoms with Gasteiger partial charge in [-0.05, 0) is 30.5 Å². The topological polar surface area (TPSA) is 64.0 Å². The van der Waals surface area contributed by atoms with E-state index in [0.29, 0.717) is 5.39 Å². The Morgan fingerprint density at radius 1 is 1.16 bits per heavy atom. The number of carbonyl (C=O) groups is 1. The van der Waals surface area contributed by atoms with E-state index in [-0.39, 0.29) is 24.1 Å². The van der Waals surface area contributed by atoms with Crippen LogP contribution in [0.25, 0.3) is 10.8 Å². The highest BCUT2D eigenvalue weighted by Gasteiger charge is 2.12. The van der Waals surface area contributed by atoms with E-state index in [1.54, 1.807) is 18.3 Å². The van der Waals surface area contributed by atoms with E-state index in [0.717, 1.165) is 17.4 Å². The number of rotatable bonds is 5. The van der Waals surface area contributed by atoms with Gasteiger partial charge in [0.25, 0.3) is 5.56 Å². The Bertz CT molecular complexity index is 945. The van der Waals surface area contributed by atoms with Crippen LogP contribution in [0.5, 0.6) is 0 Å². The summed E-state index contributed by atoms with van der Waals surface area (Å²) >= 11 is 0. The van der Waals surface area contributed by atoms with Crippen molar-refractivity contribution < 1.29 is 4.79 Å². The van der Waals surface area contributed by atoms with Gasteiger partial charge in [0.1, 0.15) is 6.54 Å². The lowest BCUT2D eigenvalue weighted by atomic mass is 10.1. The monoisotopic (exact) mass is 335 g/mol. The average molecular weight is 335 g/mol. The zero-order valence-corrected chi connectivity index (χ0v) is 14.4. The number of nitrogens with zero attached hydrogens (tertiary/aromatic N) is 2. The fourth-order valence-electron chi connectivity index (χ4n) is 2.79. The van der Waals surface area contributed by atoms with Gasteiger partial charge in [-0.2, -0.15) is 5.10 Å². The summed E-state index contributed by atoms with van der Waals surface area (Å²) in [5, 5.41) is 8.35. The molecular formula is C20H21N3O2. The van der Waals surface area contributed by atoms with Gasteiger partial charge in [-0.25, -0.2) is 4.68 Å². The van der Waals surface area contributed by atoms with Crippen molar-refractivity contribution in [1.82, 2.24) is 15.1 Å². The number of hydrogen-bond donors (Lipinski definition) is 1. The van der Waals surface area contributed by atoms with Crippen LogP contribution in [-0.4, -0.2) is 15.7 Å². The van der Waals surface area contributed by atoms with E-state index in [2.05, 4.69) is 29.5 Å². The van der Waals surface area contributed by atoms with E-state index in [4.69, 9.17) is 0 Å². The third-order valence-electron chi connectivity index (χ3n) is 4.32. The molecule has 2 aromatic carbocycles. The Balaban J connectivity index is 1.71. The van der Waals surface area contributed by atoms with E-state index in [9.17, 15) is 9.59 Å². The first-order chi connectivity index (χ1) is 12.1. The number of benzene rings is 2. The van der Waals surface area contributed by atoms with Crippen molar-refractivity contribution in [3.8, 4) is 0 Å². The van der Waals surface area contributed by atoms with Crippen LogP contribution in [0.1, 0.15) is 31.0 Å². The van der Waals surface area contributed by atoms with Crippen molar-refractivity contribution in [3.05, 3.63) is 76.2 Å². The standard InChI is InChI=1S/C20H21N3O2/c1-3-15-8-10-16(11-9-15)14(2)22-19(24)13-23-20(25)18-7-5-4-6-17(18)12-21-23/h4-12,14H,3,13H2,1-2H3,(H,22,24)/t14-/m1/s1. The predicted molar refractivity (Wildman–Crippen MR) is 98.4 cm³/mol. The fourth-order valence-corrected chi connectivity index (χ4v) is 2.79. The Morgan fingerprint density at radius 2 is 1.88 bits per heavy atom. The van der Waals surface area contributed by atoms with E-state index < -0.39 is 0 Å². The lowest BCUT2D eigenvalue weighted by Gasteiger charge is -2.15. The molecule has 0 unspecified atom stereocenters. The first-order valence-electron chi connectivity index (χ1n) is 8.41. The molecule has 1 atom stereocenters. The Hall–Kier alpha value is -2.95. The second-order valence-corrected chi connectivity index (χ2v) is 6.08. The molecule has 0 aliphatic heterocycles. The lowest BCUT2D eigenvalue weighted by Crippen LogP contribution is -2.34. The second kappa shape index (κ2) is 7.30. The van der Waals surface area contributed by atoms with Gasteiger partial charge >= 0.3 is 0 Å². The highest BCUT2D eigenvalue weighted by molar-refractivity contribution is 5.81. The number of nitrogens with one attached hydrogen (secondary N) is 1.